The van der Waals surface area contributed by atoms with Gasteiger partial charge in [-0.1, -0.05) is 23.5 Å². The third kappa shape index (κ3) is 6.12. The van der Waals surface area contributed by atoms with Gasteiger partial charge in [-0.2, -0.15) is 0 Å². The van der Waals surface area contributed by atoms with Crippen molar-refractivity contribution in [2.24, 2.45) is 0 Å². The SMILES string of the molecule is COC1=CC=C([B]OC(C)(C)C(C)(C)O)CC1SNC(C)(C)CO. The predicted octanol–water partition coefficient (Wildman–Crippen LogP) is 2.37. The molecule has 137 valence electrons. The fourth-order valence-corrected chi connectivity index (χ4v) is 2.79. The molecule has 0 saturated carbocycles. The van der Waals surface area contributed by atoms with Crippen LogP contribution in [0.5, 0.6) is 0 Å². The van der Waals surface area contributed by atoms with Crippen LogP contribution in [0.2, 0.25) is 0 Å². The van der Waals surface area contributed by atoms with Crippen LogP contribution in [0.4, 0.5) is 0 Å². The van der Waals surface area contributed by atoms with Crippen molar-refractivity contribution in [1.29, 1.82) is 0 Å². The van der Waals surface area contributed by atoms with Gasteiger partial charge in [0.2, 0.25) is 0 Å². The minimum absolute atomic E-state index is 0.0520. The molecule has 24 heavy (non-hydrogen) atoms. The van der Waals surface area contributed by atoms with E-state index in [4.69, 9.17) is 9.39 Å². The molecule has 1 radical (unpaired) electrons. The fraction of sp³-hybridized carbons (Fsp3) is 0.765. The zero-order valence-corrected chi connectivity index (χ0v) is 16.7. The molecule has 3 N–H and O–H groups in total. The molecule has 5 nitrogen and oxygen atoms in total. The zero-order chi connectivity index (χ0) is 18.6. The van der Waals surface area contributed by atoms with Gasteiger partial charge in [-0.3, -0.25) is 4.72 Å². The van der Waals surface area contributed by atoms with E-state index in [1.54, 1.807) is 28.4 Å². The predicted molar refractivity (Wildman–Crippen MR) is 101 cm³/mol. The van der Waals surface area contributed by atoms with Crippen molar-refractivity contribution in [1.82, 2.24) is 4.72 Å². The monoisotopic (exact) mass is 356 g/mol. The van der Waals surface area contributed by atoms with Gasteiger partial charge in [-0.15, -0.1) is 0 Å². The molecule has 0 bridgehead atoms. The number of ether oxygens (including phenoxy) is 1. The Balaban J connectivity index is 2.69. The van der Waals surface area contributed by atoms with E-state index in [9.17, 15) is 10.2 Å². The fourth-order valence-electron chi connectivity index (χ4n) is 1.70. The first kappa shape index (κ1) is 21.6. The van der Waals surface area contributed by atoms with Crippen molar-refractivity contribution in [3.05, 3.63) is 23.4 Å². The summed E-state index contributed by atoms with van der Waals surface area (Å²) in [6, 6.07) is 0. The number of allylic oxidation sites excluding steroid dienone is 3. The molecule has 0 saturated heterocycles. The summed E-state index contributed by atoms with van der Waals surface area (Å²) in [5.74, 6) is 0.875. The maximum absolute atomic E-state index is 10.2. The molecular formula is C17H31BNO4S. The highest BCUT2D eigenvalue weighted by Crippen LogP contribution is 2.31. The molecule has 0 amide bonds. The van der Waals surface area contributed by atoms with Crippen LogP contribution < -0.4 is 4.72 Å². The molecule has 0 heterocycles. The van der Waals surface area contributed by atoms with Crippen LogP contribution in [0, 0.1) is 0 Å². The third-order valence-electron chi connectivity index (χ3n) is 4.29. The molecule has 1 aliphatic rings. The molecule has 1 unspecified atom stereocenters. The van der Waals surface area contributed by atoms with Gasteiger partial charge in [0.1, 0.15) is 5.76 Å². The van der Waals surface area contributed by atoms with Gasteiger partial charge in [0.15, 0.2) is 0 Å². The van der Waals surface area contributed by atoms with Gasteiger partial charge in [0, 0.05) is 5.54 Å². The number of hydrogen-bond donors (Lipinski definition) is 3. The molecular weight excluding hydrogens is 325 g/mol. The molecule has 0 aromatic rings. The van der Waals surface area contributed by atoms with Crippen LogP contribution in [0.1, 0.15) is 48.0 Å². The Morgan fingerprint density at radius 3 is 2.38 bits per heavy atom. The van der Waals surface area contributed by atoms with Crippen molar-refractivity contribution >= 4 is 19.4 Å². The van der Waals surface area contributed by atoms with E-state index in [2.05, 4.69) is 4.72 Å². The number of aliphatic hydroxyl groups excluding tert-OH is 1. The topological polar surface area (TPSA) is 71.0 Å². The standard InChI is InChI=1S/C17H31BNO4S/c1-15(2,11-20)19-24-14-10-12(8-9-13(14)22-7)18-23-17(5,6)16(3,4)21/h8-9,14,19-21H,10-11H2,1-7H3. The first-order valence-electron chi connectivity index (χ1n) is 8.14. The summed E-state index contributed by atoms with van der Waals surface area (Å²) in [5.41, 5.74) is -0.992. The van der Waals surface area contributed by atoms with Crippen molar-refractivity contribution in [3.8, 4) is 0 Å². The lowest BCUT2D eigenvalue weighted by molar-refractivity contribution is -0.0897. The zero-order valence-electron chi connectivity index (χ0n) is 15.8. The Morgan fingerprint density at radius 2 is 1.88 bits per heavy atom. The second-order valence-electron chi connectivity index (χ2n) is 7.77. The third-order valence-corrected chi connectivity index (χ3v) is 5.64. The van der Waals surface area contributed by atoms with Crippen molar-refractivity contribution in [2.45, 2.75) is 70.0 Å². The van der Waals surface area contributed by atoms with Crippen molar-refractivity contribution in [3.63, 3.8) is 0 Å². The number of aliphatic hydroxyl groups is 2. The van der Waals surface area contributed by atoms with E-state index < -0.39 is 11.2 Å². The first-order chi connectivity index (χ1) is 10.9. The van der Waals surface area contributed by atoms with Crippen LogP contribution in [0.25, 0.3) is 0 Å². The lowest BCUT2D eigenvalue weighted by Crippen LogP contribution is -2.48. The van der Waals surface area contributed by atoms with E-state index in [0.29, 0.717) is 0 Å². The highest BCUT2D eigenvalue weighted by Gasteiger charge is 2.36. The number of hydrogen-bond acceptors (Lipinski definition) is 6. The van der Waals surface area contributed by atoms with Crippen LogP contribution in [0.3, 0.4) is 0 Å². The van der Waals surface area contributed by atoms with E-state index >= 15 is 0 Å². The second kappa shape index (κ2) is 8.28. The summed E-state index contributed by atoms with van der Waals surface area (Å²) >= 11 is 1.54. The quantitative estimate of drug-likeness (QED) is 0.435. The number of nitrogens with one attached hydrogen (secondary N) is 1. The maximum Gasteiger partial charge on any atom is 0.326 e. The Morgan fingerprint density at radius 1 is 1.25 bits per heavy atom. The van der Waals surface area contributed by atoms with E-state index in [0.717, 1.165) is 17.7 Å². The average Bonchev–Trinajstić information content (AvgIpc) is 2.50. The molecule has 7 heteroatoms. The molecule has 1 aliphatic carbocycles. The lowest BCUT2D eigenvalue weighted by Gasteiger charge is -2.38. The largest absolute Gasteiger partial charge is 0.500 e. The summed E-state index contributed by atoms with van der Waals surface area (Å²) in [4.78, 5) is 0. The molecule has 0 aliphatic heterocycles. The van der Waals surface area contributed by atoms with Crippen LogP contribution in [-0.4, -0.2) is 53.4 Å². The second-order valence-corrected chi connectivity index (χ2v) is 8.78. The Kier molecular flexibility index (Phi) is 7.44. The molecule has 1 atom stereocenters. The Bertz CT molecular complexity index is 483. The minimum Gasteiger partial charge on any atom is -0.500 e. The highest BCUT2D eigenvalue weighted by atomic mass is 32.2. The van der Waals surface area contributed by atoms with Gasteiger partial charge in [0.25, 0.3) is 0 Å². The van der Waals surface area contributed by atoms with E-state index in [-0.39, 0.29) is 17.4 Å². The van der Waals surface area contributed by atoms with Gasteiger partial charge in [-0.25, -0.2) is 0 Å². The summed E-state index contributed by atoms with van der Waals surface area (Å²) in [6.07, 6.45) is 4.63. The van der Waals surface area contributed by atoms with E-state index in [1.165, 1.54) is 11.9 Å². The smallest absolute Gasteiger partial charge is 0.326 e. The molecule has 0 aromatic carbocycles. The molecule has 0 fully saturated rings. The van der Waals surface area contributed by atoms with Gasteiger partial charge in [0.05, 0.1) is 30.2 Å². The van der Waals surface area contributed by atoms with Gasteiger partial charge < -0.3 is 19.6 Å². The Hall–Kier alpha value is -0.465. The highest BCUT2D eigenvalue weighted by molar-refractivity contribution is 7.98. The maximum atomic E-state index is 10.2. The average molecular weight is 356 g/mol. The summed E-state index contributed by atoms with van der Waals surface area (Å²) < 4.78 is 14.6. The van der Waals surface area contributed by atoms with Crippen LogP contribution in [-0.2, 0) is 9.39 Å². The van der Waals surface area contributed by atoms with Crippen molar-refractivity contribution < 1.29 is 19.6 Å². The first-order valence-corrected chi connectivity index (χ1v) is 9.01. The summed E-state index contributed by atoms with van der Waals surface area (Å²) in [7, 11) is 3.37. The summed E-state index contributed by atoms with van der Waals surface area (Å²) in [5, 5.41) is 19.6. The molecule has 0 spiro atoms. The van der Waals surface area contributed by atoms with E-state index in [1.807, 2.05) is 39.8 Å². The normalized spacial score (nSPS) is 19.6. The number of rotatable bonds is 9. The Labute approximate surface area is 151 Å². The van der Waals surface area contributed by atoms with Crippen LogP contribution >= 0.6 is 11.9 Å². The van der Waals surface area contributed by atoms with Crippen LogP contribution in [0.15, 0.2) is 23.4 Å². The van der Waals surface area contributed by atoms with Crippen molar-refractivity contribution in [2.75, 3.05) is 13.7 Å². The minimum atomic E-state index is -0.951. The van der Waals surface area contributed by atoms with Gasteiger partial charge >= 0.3 is 7.48 Å². The molecule has 0 aromatic heterocycles. The summed E-state index contributed by atoms with van der Waals surface area (Å²) in [6.45, 7) is 11.1. The van der Waals surface area contributed by atoms with Gasteiger partial charge in [-0.05, 0) is 54.0 Å². The molecule has 1 rings (SSSR count). The number of methoxy groups -OCH3 is 1. The lowest BCUT2D eigenvalue weighted by atomic mass is 9.78.